The van der Waals surface area contributed by atoms with Crippen LogP contribution in [0.4, 0.5) is 0 Å². The zero-order chi connectivity index (χ0) is 14.3. The summed E-state index contributed by atoms with van der Waals surface area (Å²) in [5.74, 6) is 0.664. The Kier molecular flexibility index (Phi) is 3.23. The first-order valence-electron chi connectivity index (χ1n) is 7.01. The third-order valence-electron chi connectivity index (χ3n) is 3.95. The van der Waals surface area contributed by atoms with E-state index in [9.17, 15) is 9.59 Å². The highest BCUT2D eigenvalue weighted by Crippen LogP contribution is 2.33. The van der Waals surface area contributed by atoms with Gasteiger partial charge < -0.3 is 14.3 Å². The second-order valence-corrected chi connectivity index (χ2v) is 5.80. The molecule has 0 N–H and O–H groups in total. The summed E-state index contributed by atoms with van der Waals surface area (Å²) in [5.41, 5.74) is 0.738. The zero-order valence-electron chi connectivity index (χ0n) is 11.8. The lowest BCUT2D eigenvalue weighted by molar-refractivity contribution is -0.135. The van der Waals surface area contributed by atoms with Crippen molar-refractivity contribution in [2.24, 2.45) is 5.92 Å². The summed E-state index contributed by atoms with van der Waals surface area (Å²) < 4.78 is 4.99. The van der Waals surface area contributed by atoms with Gasteiger partial charge in [-0.05, 0) is 19.8 Å². The van der Waals surface area contributed by atoms with Crippen molar-refractivity contribution in [1.29, 1.82) is 0 Å². The van der Waals surface area contributed by atoms with Crippen LogP contribution >= 0.6 is 0 Å². The fraction of sp³-hybridized carbons (Fsp3) is 0.643. The molecule has 1 saturated heterocycles. The summed E-state index contributed by atoms with van der Waals surface area (Å²) in [4.78, 5) is 27.8. The molecule has 3 rings (SSSR count). The monoisotopic (exact) mass is 277 g/mol. The summed E-state index contributed by atoms with van der Waals surface area (Å²) in [6, 6.07) is 2.21. The van der Waals surface area contributed by atoms with Gasteiger partial charge in [-0.25, -0.2) is 0 Å². The van der Waals surface area contributed by atoms with Gasteiger partial charge in [-0.15, -0.1) is 0 Å². The molecule has 0 spiro atoms. The van der Waals surface area contributed by atoms with Gasteiger partial charge >= 0.3 is 0 Å². The van der Waals surface area contributed by atoms with Gasteiger partial charge in [0.1, 0.15) is 11.5 Å². The molecule has 1 aliphatic heterocycles. The Morgan fingerprint density at radius 3 is 2.90 bits per heavy atom. The molecular weight excluding hydrogens is 258 g/mol. The van der Waals surface area contributed by atoms with E-state index in [-0.39, 0.29) is 17.7 Å². The fourth-order valence-corrected chi connectivity index (χ4v) is 2.76. The molecule has 0 aromatic carbocycles. The van der Waals surface area contributed by atoms with E-state index in [0.29, 0.717) is 25.6 Å². The lowest BCUT2D eigenvalue weighted by Gasteiger charge is -2.20. The van der Waals surface area contributed by atoms with E-state index in [1.54, 1.807) is 11.9 Å². The molecule has 0 bridgehead atoms. The number of hydrogen-bond acceptors (Lipinski definition) is 4. The first-order chi connectivity index (χ1) is 9.54. The second kappa shape index (κ2) is 4.92. The molecule has 2 aliphatic rings. The summed E-state index contributed by atoms with van der Waals surface area (Å²) in [7, 11) is 1.75. The minimum Gasteiger partial charge on any atom is -0.361 e. The number of aryl methyl sites for hydroxylation is 1. The highest BCUT2D eigenvalue weighted by molar-refractivity contribution is 5.89. The number of amides is 2. The van der Waals surface area contributed by atoms with Gasteiger partial charge in [0.15, 0.2) is 0 Å². The van der Waals surface area contributed by atoms with Crippen molar-refractivity contribution in [3.8, 4) is 0 Å². The smallest absolute Gasteiger partial charge is 0.228 e. The van der Waals surface area contributed by atoms with Crippen LogP contribution in [0.3, 0.4) is 0 Å². The Morgan fingerprint density at radius 1 is 1.55 bits per heavy atom. The highest BCUT2D eigenvalue weighted by Gasteiger charge is 2.42. The van der Waals surface area contributed by atoms with E-state index >= 15 is 0 Å². The van der Waals surface area contributed by atoms with Crippen molar-refractivity contribution >= 4 is 11.8 Å². The van der Waals surface area contributed by atoms with Crippen LogP contribution in [-0.4, -0.2) is 46.4 Å². The number of carbonyl (C=O) groups is 2. The van der Waals surface area contributed by atoms with Crippen LogP contribution in [0, 0.1) is 12.8 Å². The van der Waals surface area contributed by atoms with Crippen LogP contribution in [0.1, 0.15) is 30.7 Å². The average Bonchev–Trinajstić information content (AvgIpc) is 3.06. The third kappa shape index (κ3) is 2.55. The third-order valence-corrected chi connectivity index (χ3v) is 3.95. The largest absolute Gasteiger partial charge is 0.361 e. The predicted molar refractivity (Wildman–Crippen MR) is 70.6 cm³/mol. The Bertz CT molecular complexity index is 536. The standard InChI is InChI=1S/C14H19N3O3/c1-9-5-11(15-20-9)8-16(2)14(19)10-6-13(18)17(7-10)12-3-4-12/h5,10,12H,3-4,6-8H2,1-2H3. The molecule has 108 valence electrons. The minimum absolute atomic E-state index is 0.0159. The molecule has 6 nitrogen and oxygen atoms in total. The van der Waals surface area contributed by atoms with Crippen molar-refractivity contribution < 1.29 is 14.1 Å². The summed E-state index contributed by atoms with van der Waals surface area (Å²) >= 11 is 0. The van der Waals surface area contributed by atoms with Gasteiger partial charge in [0, 0.05) is 32.1 Å². The van der Waals surface area contributed by atoms with Crippen molar-refractivity contribution in [2.75, 3.05) is 13.6 Å². The van der Waals surface area contributed by atoms with Crippen LogP contribution in [0.5, 0.6) is 0 Å². The molecule has 1 aromatic heterocycles. The van der Waals surface area contributed by atoms with Crippen LogP contribution < -0.4 is 0 Å². The van der Waals surface area contributed by atoms with Crippen LogP contribution in [0.2, 0.25) is 0 Å². The Morgan fingerprint density at radius 2 is 2.30 bits per heavy atom. The molecule has 2 heterocycles. The van der Waals surface area contributed by atoms with Gasteiger partial charge in [0.25, 0.3) is 0 Å². The molecule has 0 radical (unpaired) electrons. The number of likely N-dealkylation sites (tertiary alicyclic amines) is 1. The van der Waals surface area contributed by atoms with Crippen molar-refractivity contribution in [3.63, 3.8) is 0 Å². The topological polar surface area (TPSA) is 66.7 Å². The minimum atomic E-state index is -0.207. The lowest BCUT2D eigenvalue weighted by atomic mass is 10.1. The van der Waals surface area contributed by atoms with Gasteiger partial charge in [-0.1, -0.05) is 5.16 Å². The van der Waals surface area contributed by atoms with Crippen LogP contribution in [0.25, 0.3) is 0 Å². The number of hydrogen-bond donors (Lipinski definition) is 0. The van der Waals surface area contributed by atoms with E-state index in [0.717, 1.165) is 24.3 Å². The summed E-state index contributed by atoms with van der Waals surface area (Å²) in [6.07, 6.45) is 2.51. The van der Waals surface area contributed by atoms with Crippen molar-refractivity contribution in [1.82, 2.24) is 15.0 Å². The molecule has 2 fully saturated rings. The summed E-state index contributed by atoms with van der Waals surface area (Å²) in [5, 5.41) is 3.89. The molecule has 1 aliphatic carbocycles. The SMILES string of the molecule is Cc1cc(CN(C)C(=O)C2CC(=O)N(C3CC3)C2)no1. The Balaban J connectivity index is 1.59. The van der Waals surface area contributed by atoms with Gasteiger partial charge in [0.2, 0.25) is 11.8 Å². The van der Waals surface area contributed by atoms with Gasteiger partial charge in [-0.2, -0.15) is 0 Å². The predicted octanol–water partition coefficient (Wildman–Crippen LogP) is 0.952. The van der Waals surface area contributed by atoms with E-state index in [2.05, 4.69) is 5.16 Å². The highest BCUT2D eigenvalue weighted by atomic mass is 16.5. The molecule has 20 heavy (non-hydrogen) atoms. The molecule has 1 saturated carbocycles. The second-order valence-electron chi connectivity index (χ2n) is 5.80. The molecular formula is C14H19N3O3. The number of carbonyl (C=O) groups excluding carboxylic acids is 2. The van der Waals surface area contributed by atoms with Crippen LogP contribution in [-0.2, 0) is 16.1 Å². The normalized spacial score (nSPS) is 22.4. The zero-order valence-corrected chi connectivity index (χ0v) is 11.8. The van der Waals surface area contributed by atoms with E-state index in [4.69, 9.17) is 4.52 Å². The first kappa shape index (κ1) is 13.1. The maximum absolute atomic E-state index is 12.4. The molecule has 1 atom stereocenters. The van der Waals surface area contributed by atoms with Crippen molar-refractivity contribution in [2.45, 2.75) is 38.8 Å². The van der Waals surface area contributed by atoms with E-state index in [1.807, 2.05) is 17.9 Å². The van der Waals surface area contributed by atoms with Crippen molar-refractivity contribution in [3.05, 3.63) is 17.5 Å². The molecule has 2 amide bonds. The van der Waals surface area contributed by atoms with E-state index in [1.165, 1.54) is 0 Å². The fourth-order valence-electron chi connectivity index (χ4n) is 2.76. The molecule has 1 aromatic rings. The molecule has 6 heteroatoms. The number of aromatic nitrogens is 1. The van der Waals surface area contributed by atoms with E-state index < -0.39 is 0 Å². The first-order valence-corrected chi connectivity index (χ1v) is 7.01. The maximum atomic E-state index is 12.4. The quantitative estimate of drug-likeness (QED) is 0.822. The lowest BCUT2D eigenvalue weighted by Crippen LogP contribution is -2.34. The average molecular weight is 277 g/mol. The van der Waals surface area contributed by atoms with Gasteiger partial charge in [-0.3, -0.25) is 9.59 Å². The number of nitrogens with zero attached hydrogens (tertiary/aromatic N) is 3. The Labute approximate surface area is 117 Å². The van der Waals surface area contributed by atoms with Crippen LogP contribution in [0.15, 0.2) is 10.6 Å². The number of rotatable bonds is 4. The molecule has 1 unspecified atom stereocenters. The Hall–Kier alpha value is -1.85. The maximum Gasteiger partial charge on any atom is 0.228 e. The summed E-state index contributed by atoms with van der Waals surface area (Å²) in [6.45, 7) is 2.82. The van der Waals surface area contributed by atoms with Gasteiger partial charge in [0.05, 0.1) is 12.5 Å².